The van der Waals surface area contributed by atoms with Gasteiger partial charge in [0.25, 0.3) is 0 Å². The van der Waals surface area contributed by atoms with Crippen LogP contribution in [0.3, 0.4) is 0 Å². The first-order chi connectivity index (χ1) is 20.2. The molecule has 3 aromatic rings. The fraction of sp³-hybridized carbons (Fsp3) is 0.441. The maximum atomic E-state index is 13.2. The average Bonchev–Trinajstić information content (AvgIpc) is 2.95. The number of benzene rings is 3. The summed E-state index contributed by atoms with van der Waals surface area (Å²) in [6.45, 7) is 7.28. The number of aliphatic carboxylic acids is 1. The molecule has 0 radical (unpaired) electrons. The first kappa shape index (κ1) is 32.6. The van der Waals surface area contributed by atoms with Crippen LogP contribution in [0.15, 0.2) is 66.7 Å². The fourth-order valence-electron chi connectivity index (χ4n) is 6.14. The number of likely N-dealkylation sites (tertiary alicyclic amines) is 1. The highest BCUT2D eigenvalue weighted by molar-refractivity contribution is 5.78. The molecule has 0 aliphatic carbocycles. The van der Waals surface area contributed by atoms with E-state index >= 15 is 0 Å². The molecule has 0 spiro atoms. The third-order valence-corrected chi connectivity index (χ3v) is 8.31. The summed E-state index contributed by atoms with van der Waals surface area (Å²) in [5.41, 5.74) is 2.10. The number of nitrogens with zero attached hydrogens (tertiary/aromatic N) is 1. The van der Waals surface area contributed by atoms with Gasteiger partial charge in [0.2, 0.25) is 0 Å². The SMILES string of the molecule is CC[C@H](c1ccc(C(F)(F)F)cc1)N1CCCC(c2cc(-c3ccc(C(F)(F)F)cc3)cc(C(CC(C)C)C(=O)O)c2)C1. The number of carbonyl (C=O) groups is 1. The predicted octanol–water partition coefficient (Wildman–Crippen LogP) is 9.94. The summed E-state index contributed by atoms with van der Waals surface area (Å²) >= 11 is 0. The highest BCUT2D eigenvalue weighted by atomic mass is 19.4. The van der Waals surface area contributed by atoms with Crippen LogP contribution in [0.25, 0.3) is 11.1 Å². The Morgan fingerprint density at radius 1 is 0.860 bits per heavy atom. The molecule has 1 fully saturated rings. The molecule has 2 unspecified atom stereocenters. The highest BCUT2D eigenvalue weighted by Crippen LogP contribution is 2.39. The zero-order chi connectivity index (χ0) is 31.5. The third-order valence-electron chi connectivity index (χ3n) is 8.31. The van der Waals surface area contributed by atoms with Crippen LogP contribution < -0.4 is 0 Å². The van der Waals surface area contributed by atoms with Crippen LogP contribution in [-0.2, 0) is 17.1 Å². The van der Waals surface area contributed by atoms with E-state index in [9.17, 15) is 36.2 Å². The molecular formula is C34H37F6NO2. The van der Waals surface area contributed by atoms with Crippen molar-refractivity contribution in [2.24, 2.45) is 5.92 Å². The number of halogens is 6. The van der Waals surface area contributed by atoms with Crippen molar-refractivity contribution in [1.82, 2.24) is 4.90 Å². The summed E-state index contributed by atoms with van der Waals surface area (Å²) in [4.78, 5) is 14.6. The van der Waals surface area contributed by atoms with Gasteiger partial charge in [-0.05, 0) is 96.1 Å². The Kier molecular flexibility index (Phi) is 9.94. The summed E-state index contributed by atoms with van der Waals surface area (Å²) in [5, 5.41) is 10.1. The largest absolute Gasteiger partial charge is 0.481 e. The summed E-state index contributed by atoms with van der Waals surface area (Å²) in [6.07, 6.45) is -6.09. The first-order valence-corrected chi connectivity index (χ1v) is 14.6. The molecule has 0 amide bonds. The molecule has 0 aromatic heterocycles. The van der Waals surface area contributed by atoms with Gasteiger partial charge in [0.15, 0.2) is 0 Å². The molecular weight excluding hydrogens is 568 g/mol. The minimum atomic E-state index is -4.47. The fourth-order valence-corrected chi connectivity index (χ4v) is 6.14. The lowest BCUT2D eigenvalue weighted by Gasteiger charge is -2.39. The molecule has 4 rings (SSSR count). The lowest BCUT2D eigenvalue weighted by Crippen LogP contribution is -2.37. The second kappa shape index (κ2) is 13.1. The van der Waals surface area contributed by atoms with E-state index in [0.717, 1.165) is 54.8 Å². The zero-order valence-electron chi connectivity index (χ0n) is 24.5. The predicted molar refractivity (Wildman–Crippen MR) is 155 cm³/mol. The Balaban J connectivity index is 1.70. The Bertz CT molecular complexity index is 1380. The highest BCUT2D eigenvalue weighted by Gasteiger charge is 2.33. The summed E-state index contributed by atoms with van der Waals surface area (Å²) in [7, 11) is 0. The monoisotopic (exact) mass is 605 g/mol. The van der Waals surface area contributed by atoms with Crippen LogP contribution in [0, 0.1) is 5.92 Å². The van der Waals surface area contributed by atoms with Crippen molar-refractivity contribution in [2.45, 2.75) is 76.7 Å². The molecule has 1 heterocycles. The van der Waals surface area contributed by atoms with Crippen LogP contribution in [0.4, 0.5) is 26.3 Å². The molecule has 1 aliphatic rings. The van der Waals surface area contributed by atoms with Gasteiger partial charge in [-0.3, -0.25) is 9.69 Å². The number of piperidine rings is 1. The van der Waals surface area contributed by atoms with Crippen molar-refractivity contribution >= 4 is 5.97 Å². The Labute approximate surface area is 248 Å². The van der Waals surface area contributed by atoms with E-state index in [1.54, 1.807) is 6.07 Å². The molecule has 0 bridgehead atoms. The topological polar surface area (TPSA) is 40.5 Å². The van der Waals surface area contributed by atoms with Gasteiger partial charge in [-0.1, -0.05) is 63.2 Å². The third kappa shape index (κ3) is 7.99. The zero-order valence-corrected chi connectivity index (χ0v) is 24.5. The number of hydrogen-bond acceptors (Lipinski definition) is 2. The van der Waals surface area contributed by atoms with E-state index < -0.39 is 35.4 Å². The van der Waals surface area contributed by atoms with E-state index in [0.29, 0.717) is 36.1 Å². The maximum absolute atomic E-state index is 13.2. The van der Waals surface area contributed by atoms with Crippen molar-refractivity contribution < 1.29 is 36.2 Å². The number of carboxylic acids is 1. The molecule has 1 saturated heterocycles. The van der Waals surface area contributed by atoms with Crippen LogP contribution in [-0.4, -0.2) is 29.1 Å². The van der Waals surface area contributed by atoms with Gasteiger partial charge in [-0.25, -0.2) is 0 Å². The van der Waals surface area contributed by atoms with Crippen molar-refractivity contribution in [3.63, 3.8) is 0 Å². The Morgan fingerprint density at radius 3 is 1.95 bits per heavy atom. The van der Waals surface area contributed by atoms with Gasteiger partial charge in [0.1, 0.15) is 0 Å². The summed E-state index contributed by atoms with van der Waals surface area (Å²) < 4.78 is 79.1. The van der Waals surface area contributed by atoms with E-state index in [-0.39, 0.29) is 17.9 Å². The van der Waals surface area contributed by atoms with Gasteiger partial charge >= 0.3 is 18.3 Å². The van der Waals surface area contributed by atoms with Gasteiger partial charge in [0, 0.05) is 12.6 Å². The number of carboxylic acid groups (broad SMARTS) is 1. The molecule has 232 valence electrons. The van der Waals surface area contributed by atoms with Crippen LogP contribution in [0.5, 0.6) is 0 Å². The van der Waals surface area contributed by atoms with Crippen molar-refractivity contribution in [2.75, 3.05) is 13.1 Å². The normalized spacial score (nSPS) is 18.0. The second-order valence-electron chi connectivity index (χ2n) is 11.9. The standard InChI is InChI=1S/C34H37F6NO2/c1-4-31(23-9-13-29(14-10-23)34(38,39)40)41-15-5-6-24(20-41)26-17-25(22-7-11-28(12-8-22)33(35,36)37)18-27(19-26)30(32(42)43)16-21(2)3/h7-14,17-19,21,24,30-31H,4-6,15-16,20H2,1-3H3,(H,42,43)/t24?,30?,31-/m1/s1. The molecule has 3 aromatic carbocycles. The minimum absolute atomic E-state index is 0.0129. The molecule has 1 aliphatic heterocycles. The average molecular weight is 606 g/mol. The number of hydrogen-bond donors (Lipinski definition) is 1. The molecule has 3 nitrogen and oxygen atoms in total. The molecule has 1 N–H and O–H groups in total. The van der Waals surface area contributed by atoms with Crippen molar-refractivity contribution in [3.8, 4) is 11.1 Å². The van der Waals surface area contributed by atoms with E-state index in [2.05, 4.69) is 4.90 Å². The van der Waals surface area contributed by atoms with E-state index in [1.165, 1.54) is 24.3 Å². The van der Waals surface area contributed by atoms with E-state index in [1.807, 2.05) is 32.9 Å². The summed E-state index contributed by atoms with van der Waals surface area (Å²) in [5.74, 6) is -1.61. The molecule has 3 atom stereocenters. The molecule has 0 saturated carbocycles. The van der Waals surface area contributed by atoms with Crippen molar-refractivity contribution in [3.05, 3.63) is 94.5 Å². The van der Waals surface area contributed by atoms with Gasteiger partial charge in [0.05, 0.1) is 17.0 Å². The summed E-state index contributed by atoms with van der Waals surface area (Å²) in [6, 6.07) is 15.7. The van der Waals surface area contributed by atoms with Crippen LogP contribution >= 0.6 is 0 Å². The Morgan fingerprint density at radius 2 is 1.44 bits per heavy atom. The van der Waals surface area contributed by atoms with Gasteiger partial charge in [-0.2, -0.15) is 26.3 Å². The maximum Gasteiger partial charge on any atom is 0.416 e. The van der Waals surface area contributed by atoms with Gasteiger partial charge < -0.3 is 5.11 Å². The van der Waals surface area contributed by atoms with E-state index in [4.69, 9.17) is 0 Å². The molecule has 43 heavy (non-hydrogen) atoms. The van der Waals surface area contributed by atoms with Crippen molar-refractivity contribution in [1.29, 1.82) is 0 Å². The van der Waals surface area contributed by atoms with Gasteiger partial charge in [-0.15, -0.1) is 0 Å². The number of alkyl halides is 6. The van der Waals surface area contributed by atoms with Crippen LogP contribution in [0.1, 0.15) is 92.1 Å². The van der Waals surface area contributed by atoms with Crippen LogP contribution in [0.2, 0.25) is 0 Å². The minimum Gasteiger partial charge on any atom is -0.481 e. The lowest BCUT2D eigenvalue weighted by molar-refractivity contribution is -0.139. The quantitative estimate of drug-likeness (QED) is 0.247. The first-order valence-electron chi connectivity index (χ1n) is 14.6. The number of rotatable bonds is 9. The Hall–Kier alpha value is -3.33. The lowest BCUT2D eigenvalue weighted by atomic mass is 9.82. The molecule has 9 heteroatoms. The second-order valence-corrected chi connectivity index (χ2v) is 11.9. The smallest absolute Gasteiger partial charge is 0.416 e.